The highest BCUT2D eigenvalue weighted by Gasteiger charge is 2.08. The maximum absolute atomic E-state index is 10.7. The number of carbonyl (C=O) groups is 1. The van der Waals surface area contributed by atoms with Crippen LogP contribution >= 0.6 is 23.2 Å². The van der Waals surface area contributed by atoms with Crippen LogP contribution in [0.15, 0.2) is 34.7 Å². The number of hydrogen-bond acceptors (Lipinski definition) is 3. The molecule has 1 aromatic carbocycles. The number of rotatable bonds is 6. The molecular weight excluding hydrogens is 301 g/mol. The van der Waals surface area contributed by atoms with Crippen LogP contribution in [0.25, 0.3) is 0 Å². The number of halogens is 2. The lowest BCUT2D eigenvalue weighted by atomic mass is 10.1. The molecule has 0 unspecified atom stereocenters. The zero-order chi connectivity index (χ0) is 14.5. The van der Waals surface area contributed by atoms with Gasteiger partial charge in [-0.15, -0.1) is 0 Å². The Morgan fingerprint density at radius 3 is 2.70 bits per heavy atom. The van der Waals surface area contributed by atoms with Crippen molar-refractivity contribution in [3.63, 3.8) is 0 Å². The third-order valence-corrected chi connectivity index (χ3v) is 3.34. The molecule has 2 N–H and O–H groups in total. The van der Waals surface area contributed by atoms with Crippen LogP contribution in [0.2, 0.25) is 10.0 Å². The Kier molecular flexibility index (Phi) is 5.06. The van der Waals surface area contributed by atoms with Gasteiger partial charge in [0.2, 0.25) is 5.76 Å². The summed E-state index contributed by atoms with van der Waals surface area (Å²) < 4.78 is 5.13. The van der Waals surface area contributed by atoms with Gasteiger partial charge in [0.15, 0.2) is 0 Å². The maximum Gasteiger partial charge on any atom is 0.371 e. The molecular formula is C14H13Cl2NO3. The Morgan fingerprint density at radius 2 is 2.05 bits per heavy atom. The van der Waals surface area contributed by atoms with E-state index in [0.29, 0.717) is 28.9 Å². The Bertz CT molecular complexity index is 610. The van der Waals surface area contributed by atoms with Crippen LogP contribution in [0, 0.1) is 0 Å². The van der Waals surface area contributed by atoms with Gasteiger partial charge in [0.25, 0.3) is 0 Å². The molecule has 0 saturated carbocycles. The van der Waals surface area contributed by atoms with Gasteiger partial charge in [0, 0.05) is 10.0 Å². The number of benzene rings is 1. The van der Waals surface area contributed by atoms with Gasteiger partial charge in [0.05, 0.1) is 6.54 Å². The van der Waals surface area contributed by atoms with Gasteiger partial charge < -0.3 is 14.8 Å². The normalized spacial score (nSPS) is 10.7. The molecule has 6 heteroatoms. The van der Waals surface area contributed by atoms with Gasteiger partial charge in [-0.1, -0.05) is 29.3 Å². The Balaban J connectivity index is 1.79. The number of carboxylic acids is 1. The third-order valence-electron chi connectivity index (χ3n) is 2.76. The summed E-state index contributed by atoms with van der Waals surface area (Å²) in [5, 5.41) is 13.2. The van der Waals surface area contributed by atoms with Crippen molar-refractivity contribution in [1.29, 1.82) is 0 Å². The monoisotopic (exact) mass is 313 g/mol. The lowest BCUT2D eigenvalue weighted by Crippen LogP contribution is -2.16. The van der Waals surface area contributed by atoms with Crippen molar-refractivity contribution in [3.8, 4) is 0 Å². The predicted octanol–water partition coefficient (Wildman–Crippen LogP) is 3.62. The summed E-state index contributed by atoms with van der Waals surface area (Å²) >= 11 is 11.9. The molecule has 0 radical (unpaired) electrons. The lowest BCUT2D eigenvalue weighted by molar-refractivity contribution is 0.0660. The van der Waals surface area contributed by atoms with E-state index in [2.05, 4.69) is 5.32 Å². The average molecular weight is 314 g/mol. The van der Waals surface area contributed by atoms with E-state index in [4.69, 9.17) is 32.7 Å². The lowest BCUT2D eigenvalue weighted by Gasteiger charge is -2.05. The fourth-order valence-corrected chi connectivity index (χ4v) is 2.25. The van der Waals surface area contributed by atoms with E-state index < -0.39 is 5.97 Å². The number of hydrogen-bond donors (Lipinski definition) is 2. The molecule has 4 nitrogen and oxygen atoms in total. The molecule has 2 aromatic rings. The molecule has 1 heterocycles. The second kappa shape index (κ2) is 6.79. The van der Waals surface area contributed by atoms with Crippen LogP contribution in [0.3, 0.4) is 0 Å². The van der Waals surface area contributed by atoms with Gasteiger partial charge in [0.1, 0.15) is 5.76 Å². The quantitative estimate of drug-likeness (QED) is 0.800. The van der Waals surface area contributed by atoms with E-state index in [0.717, 1.165) is 12.0 Å². The minimum absolute atomic E-state index is 0.0532. The number of nitrogens with one attached hydrogen (secondary N) is 1. The van der Waals surface area contributed by atoms with Crippen molar-refractivity contribution in [1.82, 2.24) is 5.32 Å². The molecule has 0 aliphatic carbocycles. The Labute approximate surface area is 126 Å². The van der Waals surface area contributed by atoms with Crippen LogP contribution in [-0.2, 0) is 13.0 Å². The van der Waals surface area contributed by atoms with Crippen LogP contribution in [-0.4, -0.2) is 17.6 Å². The van der Waals surface area contributed by atoms with E-state index in [1.807, 2.05) is 6.07 Å². The first-order valence-electron chi connectivity index (χ1n) is 6.03. The largest absolute Gasteiger partial charge is 0.475 e. The standard InChI is InChI=1S/C14H13Cl2NO3/c15-10-2-1-9(12(16)7-10)5-6-17-8-11-3-4-13(20-11)14(18)19/h1-4,7,17H,5-6,8H2,(H,18,19). The van der Waals surface area contributed by atoms with E-state index in [1.165, 1.54) is 6.07 Å². The fourth-order valence-electron chi connectivity index (χ4n) is 1.75. The maximum atomic E-state index is 10.7. The SMILES string of the molecule is O=C(O)c1ccc(CNCCc2ccc(Cl)cc2Cl)o1. The van der Waals surface area contributed by atoms with Crippen molar-refractivity contribution < 1.29 is 14.3 Å². The summed E-state index contributed by atoms with van der Waals surface area (Å²) in [5.74, 6) is -0.531. The molecule has 106 valence electrons. The highest BCUT2D eigenvalue weighted by molar-refractivity contribution is 6.35. The first-order chi connectivity index (χ1) is 9.56. The highest BCUT2D eigenvalue weighted by Crippen LogP contribution is 2.21. The van der Waals surface area contributed by atoms with E-state index >= 15 is 0 Å². The minimum Gasteiger partial charge on any atom is -0.475 e. The molecule has 0 atom stereocenters. The van der Waals surface area contributed by atoms with Crippen LogP contribution < -0.4 is 5.32 Å². The first-order valence-corrected chi connectivity index (χ1v) is 6.78. The highest BCUT2D eigenvalue weighted by atomic mass is 35.5. The van der Waals surface area contributed by atoms with Crippen molar-refractivity contribution >= 4 is 29.2 Å². The molecule has 0 bridgehead atoms. The summed E-state index contributed by atoms with van der Waals surface area (Å²) in [6, 6.07) is 8.49. The average Bonchev–Trinajstić information content (AvgIpc) is 2.85. The fraction of sp³-hybridized carbons (Fsp3) is 0.214. The minimum atomic E-state index is -1.07. The summed E-state index contributed by atoms with van der Waals surface area (Å²) in [6.07, 6.45) is 0.752. The number of aromatic carboxylic acids is 1. The number of carboxylic acid groups (broad SMARTS) is 1. The molecule has 0 spiro atoms. The first kappa shape index (κ1) is 14.9. The van der Waals surface area contributed by atoms with E-state index in [9.17, 15) is 4.79 Å². The van der Waals surface area contributed by atoms with Gasteiger partial charge in [-0.2, -0.15) is 0 Å². The Hall–Kier alpha value is -1.49. The van der Waals surface area contributed by atoms with E-state index in [-0.39, 0.29) is 5.76 Å². The van der Waals surface area contributed by atoms with Crippen molar-refractivity contribution in [2.24, 2.45) is 0 Å². The molecule has 1 aromatic heterocycles. The van der Waals surface area contributed by atoms with Gasteiger partial charge in [-0.25, -0.2) is 4.79 Å². The zero-order valence-corrected chi connectivity index (χ0v) is 12.0. The molecule has 0 aliphatic rings. The van der Waals surface area contributed by atoms with Crippen molar-refractivity contribution in [3.05, 3.63) is 57.5 Å². The van der Waals surface area contributed by atoms with Crippen LogP contribution in [0.4, 0.5) is 0 Å². The second-order valence-electron chi connectivity index (χ2n) is 4.23. The molecule has 0 aliphatic heterocycles. The Morgan fingerprint density at radius 1 is 1.25 bits per heavy atom. The van der Waals surface area contributed by atoms with Crippen molar-refractivity contribution in [2.75, 3.05) is 6.54 Å². The van der Waals surface area contributed by atoms with Gasteiger partial charge >= 0.3 is 5.97 Å². The predicted molar refractivity (Wildman–Crippen MR) is 77.5 cm³/mol. The molecule has 2 rings (SSSR count). The number of furan rings is 1. The van der Waals surface area contributed by atoms with Gasteiger partial charge in [-0.05, 0) is 42.8 Å². The van der Waals surface area contributed by atoms with Crippen LogP contribution in [0.1, 0.15) is 21.9 Å². The molecule has 0 fully saturated rings. The van der Waals surface area contributed by atoms with Crippen molar-refractivity contribution in [2.45, 2.75) is 13.0 Å². The van der Waals surface area contributed by atoms with Crippen LogP contribution in [0.5, 0.6) is 0 Å². The molecule has 0 saturated heterocycles. The summed E-state index contributed by atoms with van der Waals surface area (Å²) in [7, 11) is 0. The van der Waals surface area contributed by atoms with Gasteiger partial charge in [-0.3, -0.25) is 0 Å². The zero-order valence-electron chi connectivity index (χ0n) is 10.5. The summed E-state index contributed by atoms with van der Waals surface area (Å²) in [5.41, 5.74) is 1.01. The molecule has 0 amide bonds. The third kappa shape index (κ3) is 4.00. The summed E-state index contributed by atoms with van der Waals surface area (Å²) in [4.78, 5) is 10.7. The topological polar surface area (TPSA) is 62.5 Å². The van der Waals surface area contributed by atoms with E-state index in [1.54, 1.807) is 18.2 Å². The smallest absolute Gasteiger partial charge is 0.371 e. The molecule has 20 heavy (non-hydrogen) atoms. The summed E-state index contributed by atoms with van der Waals surface area (Å²) in [6.45, 7) is 1.17. The second-order valence-corrected chi connectivity index (χ2v) is 5.08.